The third-order valence-electron chi connectivity index (χ3n) is 4.65. The molecule has 3 aromatic rings. The van der Waals surface area contributed by atoms with Crippen molar-refractivity contribution in [1.29, 1.82) is 0 Å². The van der Waals surface area contributed by atoms with Gasteiger partial charge in [0.05, 0.1) is 12.7 Å². The van der Waals surface area contributed by atoms with Gasteiger partial charge in [-0.15, -0.1) is 11.3 Å². The molecule has 0 bridgehead atoms. The lowest BCUT2D eigenvalue weighted by atomic mass is 9.99. The summed E-state index contributed by atoms with van der Waals surface area (Å²) in [5, 5.41) is 12.8. The molecule has 1 saturated heterocycles. The van der Waals surface area contributed by atoms with Gasteiger partial charge in [-0.3, -0.25) is 14.5 Å². The number of ether oxygens (including phenoxy) is 1. The van der Waals surface area contributed by atoms with E-state index >= 15 is 0 Å². The zero-order valence-corrected chi connectivity index (χ0v) is 15.8. The monoisotopic (exact) mass is 391 g/mol. The molecule has 28 heavy (non-hydrogen) atoms. The zero-order chi connectivity index (χ0) is 19.7. The van der Waals surface area contributed by atoms with E-state index in [2.05, 4.69) is 0 Å². The van der Waals surface area contributed by atoms with E-state index in [-0.39, 0.29) is 11.3 Å². The fraction of sp³-hybridized carbons (Fsp3) is 0.0909. The molecule has 6 heteroatoms. The lowest BCUT2D eigenvalue weighted by Gasteiger charge is -2.24. The van der Waals surface area contributed by atoms with Gasteiger partial charge in [0, 0.05) is 16.1 Å². The van der Waals surface area contributed by atoms with Crippen LogP contribution in [0.1, 0.15) is 16.5 Å². The molecule has 2 aromatic carbocycles. The summed E-state index contributed by atoms with van der Waals surface area (Å²) in [5.74, 6) is -0.913. The Morgan fingerprint density at radius 3 is 2.32 bits per heavy atom. The van der Waals surface area contributed by atoms with Crippen LogP contribution in [0, 0.1) is 0 Å². The smallest absolute Gasteiger partial charge is 0.300 e. The van der Waals surface area contributed by atoms with Crippen molar-refractivity contribution in [3.63, 3.8) is 0 Å². The van der Waals surface area contributed by atoms with Gasteiger partial charge in [-0.1, -0.05) is 24.3 Å². The highest BCUT2D eigenvalue weighted by Crippen LogP contribution is 2.43. The number of thiophene rings is 1. The van der Waals surface area contributed by atoms with Crippen LogP contribution in [-0.4, -0.2) is 23.9 Å². The molecule has 0 saturated carbocycles. The van der Waals surface area contributed by atoms with Crippen molar-refractivity contribution < 1.29 is 19.4 Å². The minimum Gasteiger partial charge on any atom is -0.507 e. The Balaban J connectivity index is 1.89. The van der Waals surface area contributed by atoms with Crippen molar-refractivity contribution in [2.45, 2.75) is 6.04 Å². The van der Waals surface area contributed by atoms with Gasteiger partial charge in [0.25, 0.3) is 11.7 Å². The number of ketones is 1. The number of carbonyl (C=O) groups is 2. The van der Waals surface area contributed by atoms with Crippen molar-refractivity contribution in [3.8, 4) is 5.75 Å². The van der Waals surface area contributed by atoms with Crippen LogP contribution >= 0.6 is 11.3 Å². The first-order chi connectivity index (χ1) is 13.6. The molecule has 1 aliphatic heterocycles. The Kier molecular flexibility index (Phi) is 4.71. The molecule has 1 aromatic heterocycles. The number of amides is 1. The van der Waals surface area contributed by atoms with Crippen LogP contribution in [0.3, 0.4) is 0 Å². The Morgan fingerprint density at radius 2 is 1.71 bits per heavy atom. The van der Waals surface area contributed by atoms with Gasteiger partial charge in [-0.25, -0.2) is 0 Å². The van der Waals surface area contributed by atoms with Gasteiger partial charge in [0.15, 0.2) is 0 Å². The molecule has 1 amide bonds. The topological polar surface area (TPSA) is 66.8 Å². The highest BCUT2D eigenvalue weighted by atomic mass is 32.1. The second-order valence-corrected chi connectivity index (χ2v) is 7.23. The summed E-state index contributed by atoms with van der Waals surface area (Å²) < 4.78 is 5.14. The number of rotatable bonds is 4. The highest BCUT2D eigenvalue weighted by Gasteiger charge is 2.47. The third-order valence-corrected chi connectivity index (χ3v) is 5.58. The van der Waals surface area contributed by atoms with Gasteiger partial charge < -0.3 is 9.84 Å². The maximum absolute atomic E-state index is 12.9. The van der Waals surface area contributed by atoms with E-state index in [1.54, 1.807) is 43.5 Å². The van der Waals surface area contributed by atoms with Crippen LogP contribution in [0.4, 0.5) is 5.69 Å². The summed E-state index contributed by atoms with van der Waals surface area (Å²) in [6, 6.07) is 18.8. The quantitative estimate of drug-likeness (QED) is 0.407. The zero-order valence-electron chi connectivity index (χ0n) is 15.0. The average molecular weight is 391 g/mol. The maximum Gasteiger partial charge on any atom is 0.300 e. The van der Waals surface area contributed by atoms with Gasteiger partial charge >= 0.3 is 0 Å². The number of anilines is 1. The number of carbonyl (C=O) groups excluding carboxylic acids is 2. The molecule has 1 aliphatic rings. The number of methoxy groups -OCH3 is 1. The Labute approximate surface area is 166 Å². The largest absolute Gasteiger partial charge is 0.507 e. The van der Waals surface area contributed by atoms with Crippen molar-refractivity contribution in [2.24, 2.45) is 0 Å². The normalized spacial score (nSPS) is 18.5. The minimum absolute atomic E-state index is 0.0847. The maximum atomic E-state index is 12.9. The lowest BCUT2D eigenvalue weighted by Crippen LogP contribution is -2.29. The second-order valence-electron chi connectivity index (χ2n) is 6.25. The Hall–Kier alpha value is -3.38. The average Bonchev–Trinajstić information content (AvgIpc) is 3.35. The molecule has 4 rings (SSSR count). The number of hydrogen-bond donors (Lipinski definition) is 1. The van der Waals surface area contributed by atoms with Gasteiger partial charge in [-0.2, -0.15) is 0 Å². The van der Waals surface area contributed by atoms with Crippen LogP contribution in [-0.2, 0) is 9.59 Å². The van der Waals surface area contributed by atoms with E-state index < -0.39 is 17.7 Å². The molecular weight excluding hydrogens is 374 g/mol. The Bertz CT molecular complexity index is 1040. The van der Waals surface area contributed by atoms with E-state index in [0.717, 1.165) is 4.88 Å². The van der Waals surface area contributed by atoms with Crippen LogP contribution in [0.2, 0.25) is 0 Å². The number of hydrogen-bond acceptors (Lipinski definition) is 5. The number of para-hydroxylation sites is 1. The van der Waals surface area contributed by atoms with Crippen LogP contribution in [0.5, 0.6) is 5.75 Å². The Morgan fingerprint density at radius 1 is 1.00 bits per heavy atom. The molecule has 1 fully saturated rings. The molecule has 1 N–H and O–H groups in total. The van der Waals surface area contributed by atoms with Gasteiger partial charge in [0.2, 0.25) is 0 Å². The molecule has 0 spiro atoms. The summed E-state index contributed by atoms with van der Waals surface area (Å²) >= 11 is 1.43. The van der Waals surface area contributed by atoms with Gasteiger partial charge in [0.1, 0.15) is 17.6 Å². The first kappa shape index (κ1) is 18.0. The summed E-state index contributed by atoms with van der Waals surface area (Å²) in [6.07, 6.45) is 0. The lowest BCUT2D eigenvalue weighted by molar-refractivity contribution is -0.132. The van der Waals surface area contributed by atoms with Crippen molar-refractivity contribution >= 4 is 34.5 Å². The SMILES string of the molecule is COc1ccc(/C(O)=C2/C(=O)C(=O)N(c3ccccc3)C2c2cccs2)cc1. The fourth-order valence-corrected chi connectivity index (χ4v) is 4.13. The number of aliphatic hydroxyl groups excluding tert-OH is 1. The van der Waals surface area contributed by atoms with Crippen LogP contribution in [0.25, 0.3) is 5.76 Å². The number of aliphatic hydroxyl groups is 1. The highest BCUT2D eigenvalue weighted by molar-refractivity contribution is 7.10. The molecular formula is C22H17NO4S. The number of Topliss-reactive ketones (excluding diaryl/α,β-unsaturated/α-hetero) is 1. The standard InChI is InChI=1S/C22H17NO4S/c1-27-16-11-9-14(10-12-16)20(24)18-19(17-8-5-13-28-17)23(22(26)21(18)25)15-6-3-2-4-7-15/h2-13,19,24H,1H3/b20-18-. The molecule has 0 aliphatic carbocycles. The molecule has 5 nitrogen and oxygen atoms in total. The molecule has 2 heterocycles. The molecule has 0 radical (unpaired) electrons. The molecule has 1 unspecified atom stereocenters. The van der Waals surface area contributed by atoms with E-state index in [9.17, 15) is 14.7 Å². The molecule has 1 atom stereocenters. The fourth-order valence-electron chi connectivity index (χ4n) is 3.31. The van der Waals surface area contributed by atoms with E-state index in [1.165, 1.54) is 16.2 Å². The summed E-state index contributed by atoms with van der Waals surface area (Å²) in [7, 11) is 1.55. The predicted molar refractivity (Wildman–Crippen MR) is 109 cm³/mol. The first-order valence-corrected chi connectivity index (χ1v) is 9.53. The number of benzene rings is 2. The van der Waals surface area contributed by atoms with Crippen molar-refractivity contribution in [1.82, 2.24) is 0 Å². The predicted octanol–water partition coefficient (Wildman–Crippen LogP) is 4.38. The minimum atomic E-state index is -0.699. The van der Waals surface area contributed by atoms with E-state index in [1.807, 2.05) is 35.7 Å². The third kappa shape index (κ3) is 2.97. The van der Waals surface area contributed by atoms with Crippen LogP contribution in [0.15, 0.2) is 77.7 Å². The number of nitrogens with zero attached hydrogens (tertiary/aromatic N) is 1. The molecule has 140 valence electrons. The van der Waals surface area contributed by atoms with Crippen LogP contribution < -0.4 is 9.64 Å². The van der Waals surface area contributed by atoms with Crippen molar-refractivity contribution in [3.05, 3.63) is 88.1 Å². The summed E-state index contributed by atoms with van der Waals surface area (Å²) in [6.45, 7) is 0. The van der Waals surface area contributed by atoms with E-state index in [4.69, 9.17) is 4.74 Å². The van der Waals surface area contributed by atoms with Crippen molar-refractivity contribution in [2.75, 3.05) is 12.0 Å². The van der Waals surface area contributed by atoms with Gasteiger partial charge in [-0.05, 0) is 47.8 Å². The first-order valence-electron chi connectivity index (χ1n) is 8.65. The second kappa shape index (κ2) is 7.32. The summed E-state index contributed by atoms with van der Waals surface area (Å²) in [4.78, 5) is 28.0. The van der Waals surface area contributed by atoms with E-state index in [0.29, 0.717) is 17.0 Å². The summed E-state index contributed by atoms with van der Waals surface area (Å²) in [5.41, 5.74) is 1.15.